The van der Waals surface area contributed by atoms with Gasteiger partial charge in [-0.3, -0.25) is 15.0 Å². The third-order valence-corrected chi connectivity index (χ3v) is 5.98. The second-order valence-electron chi connectivity index (χ2n) is 7.68. The van der Waals surface area contributed by atoms with Gasteiger partial charge in [0.05, 0.1) is 11.4 Å². The highest BCUT2D eigenvalue weighted by molar-refractivity contribution is 6.30. The lowest BCUT2D eigenvalue weighted by molar-refractivity contribution is 0.0783. The molecular weight excluding hydrogens is 390 g/mol. The maximum Gasteiger partial charge on any atom is 0.274 e. The smallest absolute Gasteiger partial charge is 0.274 e. The van der Waals surface area contributed by atoms with Crippen LogP contribution in [0, 0.1) is 0 Å². The normalized spacial score (nSPS) is 18.2. The van der Waals surface area contributed by atoms with Gasteiger partial charge in [0.2, 0.25) is 0 Å². The number of likely N-dealkylation sites (tertiary alicyclic amines) is 1. The van der Waals surface area contributed by atoms with Crippen LogP contribution in [-0.4, -0.2) is 44.3 Å². The van der Waals surface area contributed by atoms with E-state index in [-0.39, 0.29) is 11.8 Å². The van der Waals surface area contributed by atoms with Crippen LogP contribution in [0.5, 0.6) is 5.75 Å². The van der Waals surface area contributed by atoms with Gasteiger partial charge in [-0.25, -0.2) is 0 Å². The Bertz CT molecular complexity index is 1040. The summed E-state index contributed by atoms with van der Waals surface area (Å²) in [5.74, 6) is 0.979. The van der Waals surface area contributed by atoms with Gasteiger partial charge in [-0.2, -0.15) is 10.2 Å². The Hall–Kier alpha value is -2.80. The summed E-state index contributed by atoms with van der Waals surface area (Å²) in [6, 6.07) is 9.35. The molecule has 1 amide bonds. The van der Waals surface area contributed by atoms with Gasteiger partial charge >= 0.3 is 0 Å². The van der Waals surface area contributed by atoms with Gasteiger partial charge in [-0.15, -0.1) is 0 Å². The summed E-state index contributed by atoms with van der Waals surface area (Å²) >= 11 is 5.99. The molecule has 1 unspecified atom stereocenters. The van der Waals surface area contributed by atoms with Crippen LogP contribution in [0.15, 0.2) is 30.3 Å². The number of ether oxygens (including phenoxy) is 1. The molecule has 3 heterocycles. The predicted octanol–water partition coefficient (Wildman–Crippen LogP) is 3.48. The number of hydrogen-bond acceptors (Lipinski definition) is 4. The Morgan fingerprint density at radius 1 is 1.24 bits per heavy atom. The number of aromatic nitrogens is 4. The highest BCUT2D eigenvalue weighted by atomic mass is 35.5. The zero-order valence-corrected chi connectivity index (χ0v) is 16.7. The quantitative estimate of drug-likeness (QED) is 0.672. The van der Waals surface area contributed by atoms with Gasteiger partial charge in [-0.05, 0) is 49.9 Å². The van der Waals surface area contributed by atoms with Gasteiger partial charge in [0.1, 0.15) is 12.4 Å². The minimum atomic E-state index is 0.0342. The van der Waals surface area contributed by atoms with Crippen molar-refractivity contribution in [2.75, 3.05) is 13.1 Å². The van der Waals surface area contributed by atoms with E-state index in [1.807, 2.05) is 29.2 Å². The van der Waals surface area contributed by atoms with Crippen LogP contribution in [0.2, 0.25) is 5.02 Å². The van der Waals surface area contributed by atoms with Crippen molar-refractivity contribution in [1.82, 2.24) is 25.3 Å². The Kier molecular flexibility index (Phi) is 4.75. The highest BCUT2D eigenvalue weighted by Crippen LogP contribution is 2.30. The second-order valence-corrected chi connectivity index (χ2v) is 8.12. The molecule has 29 heavy (non-hydrogen) atoms. The van der Waals surface area contributed by atoms with Gasteiger partial charge in [-0.1, -0.05) is 17.7 Å². The highest BCUT2D eigenvalue weighted by Gasteiger charge is 2.33. The summed E-state index contributed by atoms with van der Waals surface area (Å²) < 4.78 is 5.77. The zero-order chi connectivity index (χ0) is 19.8. The van der Waals surface area contributed by atoms with E-state index in [2.05, 4.69) is 20.4 Å². The molecule has 1 aliphatic heterocycles. The number of H-pyrrole nitrogens is 2. The third-order valence-electron chi connectivity index (χ3n) is 5.74. The number of aromatic amines is 2. The molecule has 7 nitrogen and oxygen atoms in total. The molecule has 1 saturated heterocycles. The number of fused-ring (bicyclic) bond motifs is 1. The summed E-state index contributed by atoms with van der Waals surface area (Å²) in [4.78, 5) is 14.8. The summed E-state index contributed by atoms with van der Waals surface area (Å²) in [6.45, 7) is 1.79. The van der Waals surface area contributed by atoms with Crippen LogP contribution in [0.4, 0.5) is 0 Å². The number of hydrogen-bond donors (Lipinski definition) is 2. The number of amides is 1. The van der Waals surface area contributed by atoms with Crippen molar-refractivity contribution in [2.45, 2.75) is 38.2 Å². The molecule has 5 rings (SSSR count). The van der Waals surface area contributed by atoms with E-state index in [9.17, 15) is 4.79 Å². The van der Waals surface area contributed by atoms with Crippen LogP contribution in [-0.2, 0) is 19.4 Å². The molecule has 150 valence electrons. The van der Waals surface area contributed by atoms with Crippen LogP contribution in [0.25, 0.3) is 0 Å². The Labute approximate surface area is 173 Å². The lowest BCUT2D eigenvalue weighted by Gasteiger charge is -2.15. The van der Waals surface area contributed by atoms with E-state index < -0.39 is 0 Å². The summed E-state index contributed by atoms with van der Waals surface area (Å²) in [5, 5.41) is 15.5. The lowest BCUT2D eigenvalue weighted by Crippen LogP contribution is -2.29. The molecule has 2 aromatic heterocycles. The van der Waals surface area contributed by atoms with Gasteiger partial charge < -0.3 is 9.64 Å². The standard InChI is InChI=1S/C21H22ClN5O2/c22-14-3-1-4-16(9-14)29-12-15-10-19(25-23-15)13-7-8-27(11-13)21(28)20-17-5-2-6-18(17)24-26-20/h1,3-4,9-10,13H,2,5-8,11-12H2,(H,23,25)(H,24,26). The Morgan fingerprint density at radius 2 is 2.17 bits per heavy atom. The number of aryl methyl sites for hydroxylation is 1. The fraction of sp³-hybridized carbons (Fsp3) is 0.381. The van der Waals surface area contributed by atoms with Crippen LogP contribution in [0.1, 0.15) is 51.9 Å². The number of halogens is 1. The molecule has 1 aliphatic carbocycles. The fourth-order valence-corrected chi connectivity index (χ4v) is 4.39. The lowest BCUT2D eigenvalue weighted by atomic mass is 10.1. The zero-order valence-electron chi connectivity index (χ0n) is 15.9. The van der Waals surface area contributed by atoms with Crippen LogP contribution < -0.4 is 4.74 Å². The second kappa shape index (κ2) is 7.55. The van der Waals surface area contributed by atoms with Gasteiger partial charge in [0.15, 0.2) is 5.69 Å². The number of rotatable bonds is 5. The van der Waals surface area contributed by atoms with Crippen LogP contribution >= 0.6 is 11.6 Å². The van der Waals surface area contributed by atoms with Gasteiger partial charge in [0.25, 0.3) is 5.91 Å². The Morgan fingerprint density at radius 3 is 3.07 bits per heavy atom. The first-order chi connectivity index (χ1) is 14.2. The molecule has 1 aromatic carbocycles. The summed E-state index contributed by atoms with van der Waals surface area (Å²) in [6.07, 6.45) is 3.93. The first-order valence-electron chi connectivity index (χ1n) is 9.95. The van der Waals surface area contributed by atoms with Crippen molar-refractivity contribution in [3.05, 3.63) is 63.7 Å². The average Bonchev–Trinajstić information content (AvgIpc) is 3.50. The number of nitrogens with zero attached hydrogens (tertiary/aromatic N) is 3. The monoisotopic (exact) mass is 411 g/mol. The minimum absolute atomic E-state index is 0.0342. The first kappa shape index (κ1) is 18.2. The average molecular weight is 412 g/mol. The molecule has 0 radical (unpaired) electrons. The van der Waals surface area contributed by atoms with E-state index in [0.717, 1.165) is 60.6 Å². The van der Waals surface area contributed by atoms with E-state index in [1.54, 1.807) is 6.07 Å². The number of benzene rings is 1. The topological polar surface area (TPSA) is 86.9 Å². The largest absolute Gasteiger partial charge is 0.487 e. The molecule has 0 bridgehead atoms. The van der Waals surface area contributed by atoms with Gasteiger partial charge in [0, 0.05) is 35.3 Å². The van der Waals surface area contributed by atoms with Crippen molar-refractivity contribution in [3.63, 3.8) is 0 Å². The Balaban J connectivity index is 1.21. The van der Waals surface area contributed by atoms with E-state index in [0.29, 0.717) is 23.9 Å². The molecule has 1 fully saturated rings. The SMILES string of the molecule is O=C(c1n[nH]c2c1CCC2)N1CCC(c2cc(COc3cccc(Cl)c3)[nH]n2)C1. The van der Waals surface area contributed by atoms with Crippen molar-refractivity contribution in [1.29, 1.82) is 0 Å². The molecule has 2 aliphatic rings. The van der Waals surface area contributed by atoms with Crippen molar-refractivity contribution in [3.8, 4) is 5.75 Å². The number of carbonyl (C=O) groups is 1. The van der Waals surface area contributed by atoms with Crippen molar-refractivity contribution >= 4 is 17.5 Å². The molecule has 2 N–H and O–H groups in total. The van der Waals surface area contributed by atoms with Crippen molar-refractivity contribution in [2.24, 2.45) is 0 Å². The molecular formula is C21H22ClN5O2. The molecule has 0 saturated carbocycles. The van der Waals surface area contributed by atoms with E-state index in [1.165, 1.54) is 0 Å². The predicted molar refractivity (Wildman–Crippen MR) is 108 cm³/mol. The summed E-state index contributed by atoms with van der Waals surface area (Å²) in [7, 11) is 0. The fourth-order valence-electron chi connectivity index (χ4n) is 4.21. The van der Waals surface area contributed by atoms with E-state index in [4.69, 9.17) is 16.3 Å². The summed E-state index contributed by atoms with van der Waals surface area (Å²) in [5.41, 5.74) is 4.71. The third kappa shape index (κ3) is 3.62. The first-order valence-corrected chi connectivity index (χ1v) is 10.3. The molecule has 1 atom stereocenters. The van der Waals surface area contributed by atoms with Crippen molar-refractivity contribution < 1.29 is 9.53 Å². The minimum Gasteiger partial charge on any atom is -0.487 e. The number of nitrogens with one attached hydrogen (secondary N) is 2. The molecule has 3 aromatic rings. The van der Waals surface area contributed by atoms with Crippen LogP contribution in [0.3, 0.4) is 0 Å². The number of carbonyl (C=O) groups excluding carboxylic acids is 1. The molecule has 8 heteroatoms. The maximum absolute atomic E-state index is 12.9. The van der Waals surface area contributed by atoms with E-state index >= 15 is 0 Å². The molecule has 0 spiro atoms. The maximum atomic E-state index is 12.9.